The summed E-state index contributed by atoms with van der Waals surface area (Å²) in [6.45, 7) is 0.535. The standard InChI is InChI=1S/C11H14N4O/c1-16-10-4-2-3-9(7-10)5-6-14-11(13)15-8-12/h2-4,7H,5-6H2,1H3,(H3,13,14,15). The second kappa shape index (κ2) is 6.30. The van der Waals surface area contributed by atoms with E-state index in [0.29, 0.717) is 6.54 Å². The van der Waals surface area contributed by atoms with E-state index in [2.05, 4.69) is 10.3 Å². The van der Waals surface area contributed by atoms with Crippen molar-refractivity contribution in [1.29, 1.82) is 5.26 Å². The van der Waals surface area contributed by atoms with Crippen molar-refractivity contribution in [2.24, 2.45) is 10.7 Å². The molecule has 0 heterocycles. The van der Waals surface area contributed by atoms with Crippen LogP contribution in [-0.2, 0) is 6.42 Å². The van der Waals surface area contributed by atoms with Gasteiger partial charge < -0.3 is 10.5 Å². The zero-order valence-electron chi connectivity index (χ0n) is 9.10. The van der Waals surface area contributed by atoms with Crippen LogP contribution < -0.4 is 15.8 Å². The maximum atomic E-state index is 8.28. The van der Waals surface area contributed by atoms with Crippen molar-refractivity contribution >= 4 is 5.96 Å². The number of nitrogens with one attached hydrogen (secondary N) is 1. The van der Waals surface area contributed by atoms with E-state index in [1.165, 1.54) is 0 Å². The third-order valence-electron chi connectivity index (χ3n) is 2.00. The quantitative estimate of drug-likeness (QED) is 0.336. The summed E-state index contributed by atoms with van der Waals surface area (Å²) < 4.78 is 5.10. The minimum Gasteiger partial charge on any atom is -0.497 e. The van der Waals surface area contributed by atoms with Crippen LogP contribution in [-0.4, -0.2) is 19.6 Å². The van der Waals surface area contributed by atoms with Crippen LogP contribution in [0, 0.1) is 11.5 Å². The summed E-state index contributed by atoms with van der Waals surface area (Å²) in [5, 5.41) is 10.5. The molecule has 1 aromatic rings. The van der Waals surface area contributed by atoms with Crippen LogP contribution in [0.1, 0.15) is 5.56 Å². The zero-order chi connectivity index (χ0) is 11.8. The first-order valence-corrected chi connectivity index (χ1v) is 4.84. The molecule has 0 fully saturated rings. The van der Waals surface area contributed by atoms with Crippen LogP contribution in [0.15, 0.2) is 29.3 Å². The van der Waals surface area contributed by atoms with E-state index in [1.807, 2.05) is 24.3 Å². The Hall–Kier alpha value is -2.22. The van der Waals surface area contributed by atoms with Crippen LogP contribution in [0.4, 0.5) is 0 Å². The first-order valence-electron chi connectivity index (χ1n) is 4.84. The number of nitrogens with two attached hydrogens (primary N) is 1. The lowest BCUT2D eigenvalue weighted by atomic mass is 10.1. The number of nitriles is 1. The van der Waals surface area contributed by atoms with E-state index < -0.39 is 0 Å². The van der Waals surface area contributed by atoms with Gasteiger partial charge in [0.05, 0.1) is 7.11 Å². The molecule has 3 N–H and O–H groups in total. The summed E-state index contributed by atoms with van der Waals surface area (Å²) in [7, 11) is 1.63. The predicted octanol–water partition coefficient (Wildman–Crippen LogP) is 0.623. The molecule has 0 saturated heterocycles. The molecule has 0 atom stereocenters. The Morgan fingerprint density at radius 2 is 2.44 bits per heavy atom. The van der Waals surface area contributed by atoms with E-state index in [1.54, 1.807) is 13.3 Å². The molecular weight excluding hydrogens is 204 g/mol. The number of benzene rings is 1. The molecule has 0 aliphatic carbocycles. The van der Waals surface area contributed by atoms with Crippen LogP contribution in [0.25, 0.3) is 0 Å². The molecule has 84 valence electrons. The van der Waals surface area contributed by atoms with Crippen LogP contribution in [0.5, 0.6) is 5.75 Å². The van der Waals surface area contributed by atoms with E-state index in [-0.39, 0.29) is 5.96 Å². The molecule has 5 nitrogen and oxygen atoms in total. The van der Waals surface area contributed by atoms with Gasteiger partial charge in [-0.2, -0.15) is 5.26 Å². The minimum absolute atomic E-state index is 0.144. The highest BCUT2D eigenvalue weighted by atomic mass is 16.5. The lowest BCUT2D eigenvalue weighted by Crippen LogP contribution is -2.27. The van der Waals surface area contributed by atoms with E-state index >= 15 is 0 Å². The summed E-state index contributed by atoms with van der Waals surface area (Å²) in [6.07, 6.45) is 2.46. The van der Waals surface area contributed by atoms with Crippen LogP contribution >= 0.6 is 0 Å². The fourth-order valence-corrected chi connectivity index (χ4v) is 1.23. The van der Waals surface area contributed by atoms with Crippen molar-refractivity contribution in [3.63, 3.8) is 0 Å². The van der Waals surface area contributed by atoms with Gasteiger partial charge in [0.25, 0.3) is 0 Å². The normalized spacial score (nSPS) is 10.6. The summed E-state index contributed by atoms with van der Waals surface area (Å²) in [5.74, 6) is 0.968. The Kier molecular flexibility index (Phi) is 4.67. The Labute approximate surface area is 94.5 Å². The van der Waals surface area contributed by atoms with Crippen LogP contribution in [0.3, 0.4) is 0 Å². The number of hydrogen-bond donors (Lipinski definition) is 2. The molecule has 0 radical (unpaired) electrons. The van der Waals surface area contributed by atoms with Crippen molar-refractivity contribution in [3.8, 4) is 11.9 Å². The topological polar surface area (TPSA) is 83.4 Å². The highest BCUT2D eigenvalue weighted by Crippen LogP contribution is 2.12. The first kappa shape index (κ1) is 11.9. The Balaban J connectivity index is 2.49. The second-order valence-electron chi connectivity index (χ2n) is 3.11. The maximum Gasteiger partial charge on any atom is 0.202 e. The van der Waals surface area contributed by atoms with Gasteiger partial charge in [-0.1, -0.05) is 12.1 Å². The van der Waals surface area contributed by atoms with Gasteiger partial charge in [-0.05, 0) is 24.1 Å². The summed E-state index contributed by atoms with van der Waals surface area (Å²) >= 11 is 0. The molecule has 0 bridgehead atoms. The Morgan fingerprint density at radius 1 is 1.62 bits per heavy atom. The van der Waals surface area contributed by atoms with E-state index in [0.717, 1.165) is 17.7 Å². The van der Waals surface area contributed by atoms with Gasteiger partial charge in [0, 0.05) is 6.54 Å². The van der Waals surface area contributed by atoms with E-state index in [4.69, 9.17) is 15.7 Å². The Morgan fingerprint density at radius 3 is 3.12 bits per heavy atom. The molecule has 0 aliphatic rings. The number of aliphatic imine (C=N–C) groups is 1. The summed E-state index contributed by atoms with van der Waals surface area (Å²) in [4.78, 5) is 3.98. The molecule has 1 aromatic carbocycles. The number of nitrogens with zero attached hydrogens (tertiary/aromatic N) is 2. The average molecular weight is 218 g/mol. The predicted molar refractivity (Wildman–Crippen MR) is 61.9 cm³/mol. The van der Waals surface area contributed by atoms with Crippen molar-refractivity contribution in [3.05, 3.63) is 29.8 Å². The number of hydrogen-bond acceptors (Lipinski definition) is 3. The second-order valence-corrected chi connectivity index (χ2v) is 3.11. The monoisotopic (exact) mass is 218 g/mol. The maximum absolute atomic E-state index is 8.28. The summed E-state index contributed by atoms with van der Waals surface area (Å²) in [6, 6.07) is 7.75. The third-order valence-corrected chi connectivity index (χ3v) is 2.00. The van der Waals surface area contributed by atoms with Gasteiger partial charge in [0.1, 0.15) is 5.75 Å². The third kappa shape index (κ3) is 3.88. The van der Waals surface area contributed by atoms with Crippen molar-refractivity contribution in [2.75, 3.05) is 13.7 Å². The summed E-state index contributed by atoms with van der Waals surface area (Å²) in [5.41, 5.74) is 6.51. The molecule has 0 spiro atoms. The SMILES string of the molecule is COc1cccc(CCN=C(N)NC#N)c1. The van der Waals surface area contributed by atoms with Crippen molar-refractivity contribution in [2.45, 2.75) is 6.42 Å². The fraction of sp³-hybridized carbons (Fsp3) is 0.273. The van der Waals surface area contributed by atoms with Gasteiger partial charge in [-0.25, -0.2) is 0 Å². The average Bonchev–Trinajstić information content (AvgIpc) is 2.30. The molecule has 0 aromatic heterocycles. The number of ether oxygens (including phenoxy) is 1. The number of rotatable bonds is 4. The number of methoxy groups -OCH3 is 1. The zero-order valence-corrected chi connectivity index (χ0v) is 9.10. The van der Waals surface area contributed by atoms with Crippen molar-refractivity contribution in [1.82, 2.24) is 5.32 Å². The van der Waals surface area contributed by atoms with E-state index in [9.17, 15) is 0 Å². The minimum atomic E-state index is 0.144. The smallest absolute Gasteiger partial charge is 0.202 e. The molecule has 0 saturated carbocycles. The molecular formula is C11H14N4O. The first-order chi connectivity index (χ1) is 7.76. The highest BCUT2D eigenvalue weighted by Gasteiger charge is 1.95. The van der Waals surface area contributed by atoms with Gasteiger partial charge in [0.15, 0.2) is 6.19 Å². The molecule has 0 unspecified atom stereocenters. The number of guanidine groups is 1. The van der Waals surface area contributed by atoms with Gasteiger partial charge in [0.2, 0.25) is 5.96 Å². The van der Waals surface area contributed by atoms with Crippen LogP contribution in [0.2, 0.25) is 0 Å². The molecule has 0 amide bonds. The Bertz CT molecular complexity index is 409. The van der Waals surface area contributed by atoms with Gasteiger partial charge in [-0.3, -0.25) is 10.3 Å². The fourth-order valence-electron chi connectivity index (χ4n) is 1.23. The molecule has 0 aliphatic heterocycles. The molecule has 16 heavy (non-hydrogen) atoms. The molecule has 1 rings (SSSR count). The lowest BCUT2D eigenvalue weighted by Gasteiger charge is -2.02. The largest absolute Gasteiger partial charge is 0.497 e. The molecule has 5 heteroatoms. The van der Waals surface area contributed by atoms with Crippen molar-refractivity contribution < 1.29 is 4.74 Å². The highest BCUT2D eigenvalue weighted by molar-refractivity contribution is 5.79. The van der Waals surface area contributed by atoms with Gasteiger partial charge in [-0.15, -0.1) is 0 Å². The van der Waals surface area contributed by atoms with Gasteiger partial charge >= 0.3 is 0 Å². The lowest BCUT2D eigenvalue weighted by molar-refractivity contribution is 0.414.